The van der Waals surface area contributed by atoms with E-state index in [0.29, 0.717) is 6.54 Å². The molecule has 3 heteroatoms. The highest BCUT2D eigenvalue weighted by Crippen LogP contribution is 2.26. The van der Waals surface area contributed by atoms with Crippen molar-refractivity contribution in [3.63, 3.8) is 0 Å². The molecule has 0 spiro atoms. The molecule has 1 unspecified atom stereocenters. The van der Waals surface area contributed by atoms with Gasteiger partial charge >= 0.3 is 0 Å². The summed E-state index contributed by atoms with van der Waals surface area (Å²) in [6.07, 6.45) is 1.95. The van der Waals surface area contributed by atoms with Gasteiger partial charge in [-0.1, -0.05) is 20.8 Å². The van der Waals surface area contributed by atoms with Gasteiger partial charge in [-0.05, 0) is 19.4 Å². The maximum absolute atomic E-state index is 12.0. The van der Waals surface area contributed by atoms with E-state index >= 15 is 0 Å². The normalized spacial score (nSPS) is 23.4. The quantitative estimate of drug-likeness (QED) is 0.627. The summed E-state index contributed by atoms with van der Waals surface area (Å²) in [5.41, 5.74) is -0.289. The van der Waals surface area contributed by atoms with Gasteiger partial charge in [-0.3, -0.25) is 9.69 Å². The number of nitriles is 1. The number of ketones is 1. The summed E-state index contributed by atoms with van der Waals surface area (Å²) in [7, 11) is 0. The summed E-state index contributed by atoms with van der Waals surface area (Å²) in [6.45, 7) is 7.10. The molecule has 1 aliphatic heterocycles. The molecular formula is C11H18N2O. The van der Waals surface area contributed by atoms with Crippen LogP contribution in [0.5, 0.6) is 0 Å². The molecule has 1 rings (SSSR count). The zero-order valence-electron chi connectivity index (χ0n) is 9.21. The lowest BCUT2D eigenvalue weighted by Gasteiger charge is -2.27. The van der Waals surface area contributed by atoms with Gasteiger partial charge in [0.15, 0.2) is 5.78 Å². The average Bonchev–Trinajstić information content (AvgIpc) is 2.50. The summed E-state index contributed by atoms with van der Waals surface area (Å²) in [5, 5.41) is 8.63. The summed E-state index contributed by atoms with van der Waals surface area (Å²) in [4.78, 5) is 14.0. The second kappa shape index (κ2) is 4.10. The number of rotatable bonds is 2. The Morgan fingerprint density at radius 3 is 2.71 bits per heavy atom. The number of likely N-dealkylation sites (tertiary alicyclic amines) is 1. The molecule has 0 aliphatic carbocycles. The molecule has 14 heavy (non-hydrogen) atoms. The molecule has 0 amide bonds. The second-order valence-corrected chi connectivity index (χ2v) is 4.90. The molecule has 0 aromatic rings. The lowest BCUT2D eigenvalue weighted by Crippen LogP contribution is -2.42. The van der Waals surface area contributed by atoms with Crippen molar-refractivity contribution in [2.75, 3.05) is 13.1 Å². The predicted molar refractivity (Wildman–Crippen MR) is 54.7 cm³/mol. The lowest BCUT2D eigenvalue weighted by molar-refractivity contribution is -0.130. The van der Waals surface area contributed by atoms with Crippen LogP contribution in [-0.4, -0.2) is 29.8 Å². The van der Waals surface area contributed by atoms with E-state index in [1.54, 1.807) is 0 Å². The van der Waals surface area contributed by atoms with Gasteiger partial charge in [0.25, 0.3) is 0 Å². The Kier molecular flexibility index (Phi) is 3.28. The van der Waals surface area contributed by atoms with Crippen molar-refractivity contribution < 1.29 is 4.79 Å². The van der Waals surface area contributed by atoms with Crippen LogP contribution in [-0.2, 0) is 4.79 Å². The predicted octanol–water partition coefficient (Wildman–Crippen LogP) is 1.59. The van der Waals surface area contributed by atoms with E-state index < -0.39 is 0 Å². The van der Waals surface area contributed by atoms with Crippen LogP contribution < -0.4 is 0 Å². The Morgan fingerprint density at radius 1 is 1.57 bits per heavy atom. The molecule has 1 aliphatic rings. The second-order valence-electron chi connectivity index (χ2n) is 4.90. The molecule has 0 radical (unpaired) electrons. The molecule has 0 N–H and O–H groups in total. The maximum atomic E-state index is 12.0. The van der Waals surface area contributed by atoms with Crippen LogP contribution in [0.1, 0.15) is 33.6 Å². The summed E-state index contributed by atoms with van der Waals surface area (Å²) in [5.74, 6) is 0.269. The Bertz CT molecular complexity index is 259. The highest BCUT2D eigenvalue weighted by molar-refractivity contribution is 5.88. The third-order valence-electron chi connectivity index (χ3n) is 2.68. The van der Waals surface area contributed by atoms with E-state index in [4.69, 9.17) is 5.26 Å². The van der Waals surface area contributed by atoms with Crippen molar-refractivity contribution in [3.05, 3.63) is 0 Å². The van der Waals surface area contributed by atoms with Crippen molar-refractivity contribution >= 4 is 5.78 Å². The summed E-state index contributed by atoms with van der Waals surface area (Å²) in [6, 6.07) is 2.10. The number of carbonyl (C=O) groups excluding carboxylic acids is 1. The summed E-state index contributed by atoms with van der Waals surface area (Å²) >= 11 is 0. The van der Waals surface area contributed by atoms with Crippen LogP contribution in [0.4, 0.5) is 0 Å². The van der Waals surface area contributed by atoms with Crippen molar-refractivity contribution in [3.8, 4) is 6.07 Å². The van der Waals surface area contributed by atoms with Gasteiger partial charge in [-0.25, -0.2) is 0 Å². The fourth-order valence-corrected chi connectivity index (χ4v) is 1.90. The van der Waals surface area contributed by atoms with E-state index in [9.17, 15) is 4.79 Å². The van der Waals surface area contributed by atoms with Crippen LogP contribution in [0.25, 0.3) is 0 Å². The summed E-state index contributed by atoms with van der Waals surface area (Å²) < 4.78 is 0. The minimum atomic E-state index is -0.289. The molecule has 0 aromatic heterocycles. The molecule has 1 fully saturated rings. The number of hydrogen-bond acceptors (Lipinski definition) is 3. The zero-order valence-corrected chi connectivity index (χ0v) is 9.21. The third kappa shape index (κ3) is 2.33. The van der Waals surface area contributed by atoms with E-state index in [1.165, 1.54) is 0 Å². The Balaban J connectivity index is 2.68. The molecule has 1 saturated heterocycles. The minimum absolute atomic E-state index is 0.0188. The van der Waals surface area contributed by atoms with E-state index in [-0.39, 0.29) is 17.2 Å². The van der Waals surface area contributed by atoms with E-state index in [1.807, 2.05) is 25.7 Å². The molecule has 0 bridgehead atoms. The minimum Gasteiger partial charge on any atom is -0.297 e. The van der Waals surface area contributed by atoms with Crippen LogP contribution >= 0.6 is 0 Å². The molecule has 78 valence electrons. The largest absolute Gasteiger partial charge is 0.297 e. The van der Waals surface area contributed by atoms with Gasteiger partial charge in [0, 0.05) is 5.41 Å². The molecule has 3 nitrogen and oxygen atoms in total. The number of nitrogens with zero attached hydrogens (tertiary/aromatic N) is 2. The van der Waals surface area contributed by atoms with Gasteiger partial charge in [0.05, 0.1) is 18.7 Å². The fourth-order valence-electron chi connectivity index (χ4n) is 1.90. The van der Waals surface area contributed by atoms with Crippen LogP contribution in [0.2, 0.25) is 0 Å². The molecule has 1 heterocycles. The first-order chi connectivity index (χ1) is 6.46. The van der Waals surface area contributed by atoms with Crippen LogP contribution in [0.3, 0.4) is 0 Å². The van der Waals surface area contributed by atoms with Gasteiger partial charge in [-0.15, -0.1) is 0 Å². The first-order valence-corrected chi connectivity index (χ1v) is 5.12. The topological polar surface area (TPSA) is 44.1 Å². The van der Waals surface area contributed by atoms with Crippen molar-refractivity contribution in [2.24, 2.45) is 5.41 Å². The SMILES string of the molecule is CC(C)(C)C(=O)C1CCCN1CC#N. The molecule has 0 aromatic carbocycles. The zero-order chi connectivity index (χ0) is 10.8. The monoisotopic (exact) mass is 194 g/mol. The van der Waals surface area contributed by atoms with Crippen LogP contribution in [0.15, 0.2) is 0 Å². The highest BCUT2D eigenvalue weighted by atomic mass is 16.1. The smallest absolute Gasteiger partial charge is 0.155 e. The lowest BCUT2D eigenvalue weighted by atomic mass is 9.85. The third-order valence-corrected chi connectivity index (χ3v) is 2.68. The standard InChI is InChI=1S/C11H18N2O/c1-11(2,3)10(14)9-5-4-7-13(9)8-6-12/h9H,4-5,7-8H2,1-3H3. The van der Waals surface area contributed by atoms with E-state index in [2.05, 4.69) is 6.07 Å². The maximum Gasteiger partial charge on any atom is 0.155 e. The van der Waals surface area contributed by atoms with Gasteiger partial charge in [0.2, 0.25) is 0 Å². The highest BCUT2D eigenvalue weighted by Gasteiger charge is 2.36. The number of Topliss-reactive ketones (excluding diaryl/α,β-unsaturated/α-hetero) is 1. The number of carbonyl (C=O) groups is 1. The van der Waals surface area contributed by atoms with Crippen molar-refractivity contribution in [1.82, 2.24) is 4.90 Å². The fraction of sp³-hybridized carbons (Fsp3) is 0.818. The number of hydrogen-bond donors (Lipinski definition) is 0. The van der Waals surface area contributed by atoms with Crippen molar-refractivity contribution in [2.45, 2.75) is 39.7 Å². The molecule has 1 atom stereocenters. The first-order valence-electron chi connectivity index (χ1n) is 5.12. The van der Waals surface area contributed by atoms with E-state index in [0.717, 1.165) is 19.4 Å². The Labute approximate surface area is 85.7 Å². The molecular weight excluding hydrogens is 176 g/mol. The first kappa shape index (κ1) is 11.2. The van der Waals surface area contributed by atoms with Gasteiger partial charge in [0.1, 0.15) is 0 Å². The van der Waals surface area contributed by atoms with Crippen molar-refractivity contribution in [1.29, 1.82) is 5.26 Å². The average molecular weight is 194 g/mol. The Morgan fingerprint density at radius 2 is 2.21 bits per heavy atom. The Hall–Kier alpha value is -0.880. The molecule has 0 saturated carbocycles. The van der Waals surface area contributed by atoms with Gasteiger partial charge in [-0.2, -0.15) is 5.26 Å². The van der Waals surface area contributed by atoms with Crippen LogP contribution in [0, 0.1) is 16.7 Å². The van der Waals surface area contributed by atoms with Gasteiger partial charge < -0.3 is 0 Å².